The van der Waals surface area contributed by atoms with Gasteiger partial charge in [-0.25, -0.2) is 4.98 Å². The Morgan fingerprint density at radius 1 is 0.692 bits per heavy atom. The van der Waals surface area contributed by atoms with E-state index in [1.165, 1.54) is 48.2 Å². The van der Waals surface area contributed by atoms with Gasteiger partial charge in [-0.05, 0) is 63.5 Å². The van der Waals surface area contributed by atoms with Crippen LogP contribution < -0.4 is 0 Å². The van der Waals surface area contributed by atoms with Crippen LogP contribution in [0.25, 0.3) is 22.8 Å². The van der Waals surface area contributed by atoms with E-state index >= 15 is 0 Å². The molecule has 3 aromatic rings. The molecule has 0 aromatic carbocycles. The minimum Gasteiger partial charge on any atom is -0.272 e. The maximum absolute atomic E-state index is 5.00. The highest BCUT2D eigenvalue weighted by molar-refractivity contribution is 5.67. The molecule has 26 heavy (non-hydrogen) atoms. The molecule has 0 unspecified atom stereocenters. The van der Waals surface area contributed by atoms with Crippen molar-refractivity contribution in [1.82, 2.24) is 24.5 Å². The number of fused-ring (bicyclic) bond motifs is 2. The number of hydrogen-bond donors (Lipinski definition) is 0. The van der Waals surface area contributed by atoms with Crippen molar-refractivity contribution in [3.63, 3.8) is 0 Å². The maximum Gasteiger partial charge on any atom is 0.114 e. The van der Waals surface area contributed by atoms with Crippen LogP contribution in [0.2, 0.25) is 0 Å². The van der Waals surface area contributed by atoms with Gasteiger partial charge in [0.1, 0.15) is 11.4 Å². The lowest BCUT2D eigenvalue weighted by Gasteiger charge is -2.13. The Kier molecular flexibility index (Phi) is 3.69. The van der Waals surface area contributed by atoms with Crippen molar-refractivity contribution < 1.29 is 0 Å². The number of aromatic nitrogens is 5. The molecule has 0 saturated carbocycles. The molecular formula is C21H25N5. The van der Waals surface area contributed by atoms with E-state index in [1.807, 2.05) is 0 Å². The summed E-state index contributed by atoms with van der Waals surface area (Å²) in [6.07, 6.45) is 9.52. The van der Waals surface area contributed by atoms with E-state index in [0.717, 1.165) is 48.5 Å². The third kappa shape index (κ3) is 2.41. The van der Waals surface area contributed by atoms with E-state index in [1.54, 1.807) is 0 Å². The van der Waals surface area contributed by atoms with Crippen LogP contribution in [0.4, 0.5) is 0 Å². The molecule has 2 aliphatic rings. The van der Waals surface area contributed by atoms with E-state index in [9.17, 15) is 0 Å². The Balaban J connectivity index is 1.61. The van der Waals surface area contributed by atoms with Crippen LogP contribution in [0.5, 0.6) is 0 Å². The van der Waals surface area contributed by atoms with Crippen LogP contribution in [-0.4, -0.2) is 24.5 Å². The molecule has 0 radical (unpaired) electrons. The van der Waals surface area contributed by atoms with Gasteiger partial charge in [0.05, 0.1) is 11.4 Å². The number of nitrogens with zero attached hydrogens (tertiary/aromatic N) is 5. The number of pyridine rings is 1. The molecule has 0 fully saturated rings. The van der Waals surface area contributed by atoms with Crippen molar-refractivity contribution in [2.24, 2.45) is 14.1 Å². The van der Waals surface area contributed by atoms with Gasteiger partial charge in [-0.1, -0.05) is 6.07 Å². The Labute approximate surface area is 154 Å². The summed E-state index contributed by atoms with van der Waals surface area (Å²) in [6.45, 7) is 0. The minimum atomic E-state index is 0.983. The number of hydrogen-bond acceptors (Lipinski definition) is 3. The monoisotopic (exact) mass is 347 g/mol. The summed E-state index contributed by atoms with van der Waals surface area (Å²) in [6, 6.07) is 6.29. The third-order valence-electron chi connectivity index (χ3n) is 5.96. The van der Waals surface area contributed by atoms with Crippen molar-refractivity contribution in [2.45, 2.75) is 51.4 Å². The van der Waals surface area contributed by atoms with Crippen molar-refractivity contribution in [3.05, 3.63) is 40.7 Å². The van der Waals surface area contributed by atoms with Gasteiger partial charge >= 0.3 is 0 Å². The summed E-state index contributed by atoms with van der Waals surface area (Å²) in [7, 11) is 4.12. The molecule has 0 amide bonds. The molecule has 0 atom stereocenters. The van der Waals surface area contributed by atoms with Crippen molar-refractivity contribution in [2.75, 3.05) is 0 Å². The summed E-state index contributed by atoms with van der Waals surface area (Å²) in [5.41, 5.74) is 9.65. The number of rotatable bonds is 2. The number of aryl methyl sites for hydroxylation is 2. The van der Waals surface area contributed by atoms with E-state index in [2.05, 4.69) is 41.7 Å². The lowest BCUT2D eigenvalue weighted by Crippen LogP contribution is -2.05. The standard InChI is InChI=1S/C21H25N5/c1-25-18-12-5-3-8-14(18)20(23-25)16-10-7-11-17(22-16)21-15-9-4-6-13-19(15)26(2)24-21/h7,10-11H,3-6,8-9,12-13H2,1-2H3. The maximum atomic E-state index is 5.00. The topological polar surface area (TPSA) is 48.5 Å². The normalized spacial score (nSPS) is 16.4. The molecule has 134 valence electrons. The quantitative estimate of drug-likeness (QED) is 0.711. The van der Waals surface area contributed by atoms with Gasteiger partial charge in [-0.2, -0.15) is 10.2 Å². The Bertz CT molecular complexity index is 903. The van der Waals surface area contributed by atoms with E-state index in [4.69, 9.17) is 15.2 Å². The van der Waals surface area contributed by atoms with Gasteiger partial charge in [0.25, 0.3) is 0 Å². The molecule has 5 heteroatoms. The largest absolute Gasteiger partial charge is 0.272 e. The molecule has 0 aliphatic heterocycles. The summed E-state index contributed by atoms with van der Waals surface area (Å²) in [5.74, 6) is 0. The second-order valence-electron chi connectivity index (χ2n) is 7.62. The van der Waals surface area contributed by atoms with Crippen LogP contribution in [0.1, 0.15) is 48.2 Å². The molecule has 0 bridgehead atoms. The van der Waals surface area contributed by atoms with E-state index in [0.29, 0.717) is 0 Å². The summed E-state index contributed by atoms with van der Waals surface area (Å²) >= 11 is 0. The highest BCUT2D eigenvalue weighted by atomic mass is 15.3. The lowest BCUT2D eigenvalue weighted by atomic mass is 9.94. The fraction of sp³-hybridized carbons (Fsp3) is 0.476. The van der Waals surface area contributed by atoms with Crippen LogP contribution in [0.15, 0.2) is 18.2 Å². The Morgan fingerprint density at radius 2 is 1.15 bits per heavy atom. The molecular weight excluding hydrogens is 322 g/mol. The van der Waals surface area contributed by atoms with Gasteiger partial charge in [0.2, 0.25) is 0 Å². The Hall–Kier alpha value is -2.43. The third-order valence-corrected chi connectivity index (χ3v) is 5.96. The summed E-state index contributed by atoms with van der Waals surface area (Å²) < 4.78 is 4.11. The molecule has 0 spiro atoms. The van der Waals surface area contributed by atoms with Gasteiger partial charge < -0.3 is 0 Å². The first-order chi connectivity index (χ1) is 12.7. The van der Waals surface area contributed by atoms with Gasteiger partial charge in [-0.15, -0.1) is 0 Å². The molecule has 3 aromatic heterocycles. The molecule has 5 rings (SSSR count). The minimum absolute atomic E-state index is 0.983. The molecule has 3 heterocycles. The van der Waals surface area contributed by atoms with E-state index < -0.39 is 0 Å². The fourth-order valence-corrected chi connectivity index (χ4v) is 4.65. The lowest BCUT2D eigenvalue weighted by molar-refractivity contribution is 0.626. The first-order valence-corrected chi connectivity index (χ1v) is 9.79. The predicted molar refractivity (Wildman–Crippen MR) is 102 cm³/mol. The average Bonchev–Trinajstić information content (AvgIpc) is 3.20. The van der Waals surface area contributed by atoms with Gasteiger partial charge in [0, 0.05) is 36.6 Å². The summed E-state index contributed by atoms with van der Waals surface area (Å²) in [4.78, 5) is 5.00. The molecule has 0 saturated heterocycles. The highest BCUT2D eigenvalue weighted by Crippen LogP contribution is 2.33. The zero-order valence-corrected chi connectivity index (χ0v) is 15.6. The van der Waals surface area contributed by atoms with Crippen LogP contribution in [0.3, 0.4) is 0 Å². The van der Waals surface area contributed by atoms with Crippen molar-refractivity contribution >= 4 is 0 Å². The van der Waals surface area contributed by atoms with Crippen LogP contribution >= 0.6 is 0 Å². The van der Waals surface area contributed by atoms with E-state index in [-0.39, 0.29) is 0 Å². The second kappa shape index (κ2) is 6.08. The zero-order valence-electron chi connectivity index (χ0n) is 15.6. The average molecular weight is 347 g/mol. The molecule has 0 N–H and O–H groups in total. The first-order valence-electron chi connectivity index (χ1n) is 9.79. The van der Waals surface area contributed by atoms with Crippen LogP contribution in [-0.2, 0) is 39.8 Å². The SMILES string of the molecule is Cn1nc(-c2cccc(-c3nn(C)c4c3CCCC4)n2)c2c1CCCC2. The fourth-order valence-electron chi connectivity index (χ4n) is 4.65. The van der Waals surface area contributed by atoms with Gasteiger partial charge in [-0.3, -0.25) is 9.36 Å². The highest BCUT2D eigenvalue weighted by Gasteiger charge is 2.23. The zero-order chi connectivity index (χ0) is 17.7. The second-order valence-corrected chi connectivity index (χ2v) is 7.62. The molecule has 5 nitrogen and oxygen atoms in total. The van der Waals surface area contributed by atoms with Gasteiger partial charge in [0.15, 0.2) is 0 Å². The Morgan fingerprint density at radius 3 is 1.65 bits per heavy atom. The van der Waals surface area contributed by atoms with Crippen LogP contribution in [0, 0.1) is 0 Å². The predicted octanol–water partition coefficient (Wildman–Crippen LogP) is 3.64. The first kappa shape index (κ1) is 15.8. The smallest absolute Gasteiger partial charge is 0.114 e. The summed E-state index contributed by atoms with van der Waals surface area (Å²) in [5, 5.41) is 9.64. The van der Waals surface area contributed by atoms with Crippen molar-refractivity contribution in [3.8, 4) is 22.8 Å². The molecule has 2 aliphatic carbocycles. The van der Waals surface area contributed by atoms with Crippen molar-refractivity contribution in [1.29, 1.82) is 0 Å².